The quantitative estimate of drug-likeness (QED) is 0.597. The Morgan fingerprint density at radius 2 is 2.25 bits per heavy atom. The van der Waals surface area contributed by atoms with Gasteiger partial charge in [-0.25, -0.2) is 0 Å². The lowest BCUT2D eigenvalue weighted by molar-refractivity contribution is -0.150. The van der Waals surface area contributed by atoms with Gasteiger partial charge in [-0.3, -0.25) is 5.41 Å². The molecule has 0 aromatic carbocycles. The Morgan fingerprint density at radius 3 is 2.62 bits per heavy atom. The molecule has 1 heterocycles. The summed E-state index contributed by atoms with van der Waals surface area (Å²) in [5.74, 6) is -2.85. The smallest absolute Gasteiger partial charge is 0.387 e. The van der Waals surface area contributed by atoms with Gasteiger partial charge < -0.3 is 10.5 Å². The number of rotatable bonds is 4. The second-order valence-corrected chi connectivity index (χ2v) is 5.06. The van der Waals surface area contributed by atoms with E-state index in [-0.39, 0.29) is 17.1 Å². The van der Waals surface area contributed by atoms with E-state index in [1.54, 1.807) is 0 Å². The van der Waals surface area contributed by atoms with Crippen LogP contribution >= 0.6 is 11.8 Å². The van der Waals surface area contributed by atoms with Gasteiger partial charge in [-0.15, -0.1) is 0 Å². The molecule has 0 aliphatic carbocycles. The van der Waals surface area contributed by atoms with Gasteiger partial charge in [0.1, 0.15) is 11.8 Å². The summed E-state index contributed by atoms with van der Waals surface area (Å²) in [6, 6.07) is 0. The molecule has 0 aromatic heterocycles. The average Bonchev–Trinajstić information content (AvgIpc) is 2.49. The molecule has 0 radical (unpaired) electrons. The van der Waals surface area contributed by atoms with Crippen LogP contribution in [0.5, 0.6) is 0 Å². The van der Waals surface area contributed by atoms with Crippen LogP contribution in [0.25, 0.3) is 0 Å². The molecule has 3 atom stereocenters. The first-order valence-electron chi connectivity index (χ1n) is 4.96. The van der Waals surface area contributed by atoms with Crippen LogP contribution in [0.1, 0.15) is 13.3 Å². The van der Waals surface area contributed by atoms with E-state index in [1.165, 1.54) is 11.8 Å². The van der Waals surface area contributed by atoms with E-state index in [0.717, 1.165) is 6.42 Å². The van der Waals surface area contributed by atoms with Gasteiger partial charge in [0.25, 0.3) is 0 Å². The normalized spacial score (nSPS) is 28.0. The molecule has 3 N–H and O–H groups in total. The largest absolute Gasteiger partial charge is 0.399 e. The van der Waals surface area contributed by atoms with Crippen LogP contribution in [0.3, 0.4) is 0 Å². The lowest BCUT2D eigenvalue weighted by Gasteiger charge is -2.21. The molecule has 1 rings (SSSR count). The number of halogens is 3. The lowest BCUT2D eigenvalue weighted by atomic mass is 10.1. The summed E-state index contributed by atoms with van der Waals surface area (Å²) in [6.45, 7) is 2.44. The molecular formula is C9H15F3N2OS. The Labute approximate surface area is 96.4 Å². The topological polar surface area (TPSA) is 59.1 Å². The zero-order valence-electron chi connectivity index (χ0n) is 8.88. The van der Waals surface area contributed by atoms with E-state index in [1.807, 2.05) is 6.92 Å². The van der Waals surface area contributed by atoms with Crippen LogP contribution in [-0.4, -0.2) is 35.7 Å². The van der Waals surface area contributed by atoms with Gasteiger partial charge in [-0.1, -0.05) is 0 Å². The van der Waals surface area contributed by atoms with Crippen LogP contribution in [0.4, 0.5) is 13.2 Å². The Morgan fingerprint density at radius 1 is 1.62 bits per heavy atom. The lowest BCUT2D eigenvalue weighted by Crippen LogP contribution is -2.37. The second-order valence-electron chi connectivity index (χ2n) is 3.79. The monoisotopic (exact) mass is 256 g/mol. The summed E-state index contributed by atoms with van der Waals surface area (Å²) in [4.78, 5) is 0. The molecule has 1 aliphatic heterocycles. The third-order valence-corrected chi connectivity index (χ3v) is 4.13. The van der Waals surface area contributed by atoms with E-state index in [9.17, 15) is 13.2 Å². The van der Waals surface area contributed by atoms with Crippen molar-refractivity contribution in [3.8, 4) is 0 Å². The predicted octanol–water partition coefficient (Wildman–Crippen LogP) is 2.01. The van der Waals surface area contributed by atoms with Crippen LogP contribution in [0.2, 0.25) is 0 Å². The molecular weight excluding hydrogens is 241 g/mol. The molecule has 3 unspecified atom stereocenters. The molecule has 0 bridgehead atoms. The fourth-order valence-corrected chi connectivity index (χ4v) is 2.93. The number of hydrogen-bond acceptors (Lipinski definition) is 3. The van der Waals surface area contributed by atoms with Crippen molar-refractivity contribution in [2.24, 2.45) is 11.7 Å². The first-order valence-corrected chi connectivity index (χ1v) is 6.01. The SMILES string of the molecule is CC1OCCC1SCC(C(=N)N)C(F)(F)F. The van der Waals surface area contributed by atoms with Crippen molar-refractivity contribution in [3.63, 3.8) is 0 Å². The van der Waals surface area contributed by atoms with Gasteiger partial charge >= 0.3 is 6.18 Å². The highest BCUT2D eigenvalue weighted by Crippen LogP contribution is 2.33. The Bertz CT molecular complexity index is 260. The molecule has 0 aromatic rings. The van der Waals surface area contributed by atoms with E-state index >= 15 is 0 Å². The van der Waals surface area contributed by atoms with Gasteiger partial charge in [-0.05, 0) is 13.3 Å². The zero-order chi connectivity index (χ0) is 12.3. The van der Waals surface area contributed by atoms with E-state index < -0.39 is 17.9 Å². The summed E-state index contributed by atoms with van der Waals surface area (Å²) in [5.41, 5.74) is 4.96. The van der Waals surface area contributed by atoms with Crippen LogP contribution < -0.4 is 5.73 Å². The molecule has 1 fully saturated rings. The Hall–Kier alpha value is -0.430. The molecule has 0 amide bonds. The highest BCUT2D eigenvalue weighted by Gasteiger charge is 2.42. The number of nitrogens with one attached hydrogen (secondary N) is 1. The van der Waals surface area contributed by atoms with Crippen LogP contribution in [0.15, 0.2) is 0 Å². The van der Waals surface area contributed by atoms with E-state index in [4.69, 9.17) is 15.9 Å². The van der Waals surface area contributed by atoms with Crippen molar-refractivity contribution in [1.82, 2.24) is 0 Å². The number of hydrogen-bond donors (Lipinski definition) is 2. The summed E-state index contributed by atoms with van der Waals surface area (Å²) >= 11 is 1.19. The summed E-state index contributed by atoms with van der Waals surface area (Å²) in [5, 5.41) is 7.02. The highest BCUT2D eigenvalue weighted by molar-refractivity contribution is 8.00. The minimum atomic E-state index is -4.43. The van der Waals surface area contributed by atoms with Crippen molar-refractivity contribution >= 4 is 17.6 Å². The maximum atomic E-state index is 12.5. The Kier molecular flexibility index (Phi) is 4.49. The van der Waals surface area contributed by atoms with Crippen molar-refractivity contribution in [3.05, 3.63) is 0 Å². The number of thioether (sulfide) groups is 1. The third kappa shape index (κ3) is 3.55. The van der Waals surface area contributed by atoms with Crippen LogP contribution in [-0.2, 0) is 4.74 Å². The summed E-state index contributed by atoms with van der Waals surface area (Å²) in [6.07, 6.45) is -3.69. The number of alkyl halides is 3. The zero-order valence-corrected chi connectivity index (χ0v) is 9.70. The minimum Gasteiger partial charge on any atom is -0.387 e. The summed E-state index contributed by atoms with van der Waals surface area (Å²) in [7, 11) is 0. The van der Waals surface area contributed by atoms with Gasteiger partial charge in [0.15, 0.2) is 0 Å². The van der Waals surface area contributed by atoms with Crippen molar-refractivity contribution in [2.45, 2.75) is 30.9 Å². The molecule has 1 saturated heterocycles. The molecule has 1 aliphatic rings. The second kappa shape index (κ2) is 5.27. The van der Waals surface area contributed by atoms with E-state index in [2.05, 4.69) is 0 Å². The van der Waals surface area contributed by atoms with E-state index in [0.29, 0.717) is 6.61 Å². The highest BCUT2D eigenvalue weighted by atomic mass is 32.2. The standard InChI is InChI=1S/C9H15F3N2OS/c1-5-7(2-3-15-5)16-4-6(8(13)14)9(10,11)12/h5-7H,2-4H2,1H3,(H3,13,14). The minimum absolute atomic E-state index is 0.0224. The van der Waals surface area contributed by atoms with Gasteiger partial charge in [0.2, 0.25) is 0 Å². The number of nitrogens with two attached hydrogens (primary N) is 1. The Balaban J connectivity index is 2.47. The van der Waals surface area contributed by atoms with Crippen molar-refractivity contribution < 1.29 is 17.9 Å². The average molecular weight is 256 g/mol. The summed E-state index contributed by atoms with van der Waals surface area (Å²) < 4.78 is 42.7. The molecule has 94 valence electrons. The molecule has 16 heavy (non-hydrogen) atoms. The molecule has 0 spiro atoms. The van der Waals surface area contributed by atoms with Gasteiger partial charge in [-0.2, -0.15) is 24.9 Å². The van der Waals surface area contributed by atoms with Crippen molar-refractivity contribution in [1.29, 1.82) is 5.41 Å². The fraction of sp³-hybridized carbons (Fsp3) is 0.889. The molecule has 7 heteroatoms. The van der Waals surface area contributed by atoms with Gasteiger partial charge in [0.05, 0.1) is 6.10 Å². The first kappa shape index (κ1) is 13.6. The molecule has 0 saturated carbocycles. The maximum absolute atomic E-state index is 12.5. The van der Waals surface area contributed by atoms with Crippen molar-refractivity contribution in [2.75, 3.05) is 12.4 Å². The maximum Gasteiger partial charge on any atom is 0.399 e. The van der Waals surface area contributed by atoms with Gasteiger partial charge in [0, 0.05) is 17.6 Å². The predicted molar refractivity (Wildman–Crippen MR) is 57.7 cm³/mol. The van der Waals surface area contributed by atoms with Crippen LogP contribution in [0, 0.1) is 11.3 Å². The number of ether oxygens (including phenoxy) is 1. The first-order chi connectivity index (χ1) is 7.32. The fourth-order valence-electron chi connectivity index (χ4n) is 1.51. The molecule has 3 nitrogen and oxygen atoms in total. The third-order valence-electron chi connectivity index (χ3n) is 2.55. The number of amidine groups is 1.